The molecular formula is C18H17BrFNO. The Labute approximate surface area is 138 Å². The Bertz CT molecular complexity index is 716. The maximum Gasteiger partial charge on any atom is 0.255 e. The van der Waals surface area contributed by atoms with Crippen LogP contribution in [0.1, 0.15) is 40.4 Å². The van der Waals surface area contributed by atoms with Crippen LogP contribution in [-0.2, 0) is 6.42 Å². The first-order valence-electron chi connectivity index (χ1n) is 7.38. The van der Waals surface area contributed by atoms with Crippen molar-refractivity contribution in [2.24, 2.45) is 0 Å². The molecule has 1 amide bonds. The maximum absolute atomic E-state index is 13.5. The van der Waals surface area contributed by atoms with E-state index in [1.165, 1.54) is 23.3 Å². The molecule has 1 atom stereocenters. The highest BCUT2D eigenvalue weighted by Gasteiger charge is 2.28. The molecule has 2 aromatic rings. The average Bonchev–Trinajstić information content (AvgIpc) is 2.55. The SMILES string of the molecule is CN(C(=O)c1cc(F)ccc1Br)C1CCCc2ccccc21. The van der Waals surface area contributed by atoms with E-state index in [-0.39, 0.29) is 11.9 Å². The molecule has 0 N–H and O–H groups in total. The molecule has 0 aliphatic heterocycles. The smallest absolute Gasteiger partial charge is 0.255 e. The summed E-state index contributed by atoms with van der Waals surface area (Å²) in [5.41, 5.74) is 2.87. The van der Waals surface area contributed by atoms with Crippen LogP contribution >= 0.6 is 15.9 Å². The van der Waals surface area contributed by atoms with Gasteiger partial charge in [0.05, 0.1) is 11.6 Å². The second-order valence-corrected chi connectivity index (χ2v) is 6.50. The molecule has 2 nitrogen and oxygen atoms in total. The van der Waals surface area contributed by atoms with Crippen LogP contribution in [0.15, 0.2) is 46.9 Å². The largest absolute Gasteiger partial charge is 0.335 e. The Balaban J connectivity index is 1.93. The molecule has 1 aliphatic carbocycles. The maximum atomic E-state index is 13.5. The molecule has 0 spiro atoms. The van der Waals surface area contributed by atoms with Crippen molar-refractivity contribution >= 4 is 21.8 Å². The van der Waals surface area contributed by atoms with Gasteiger partial charge in [0.25, 0.3) is 5.91 Å². The summed E-state index contributed by atoms with van der Waals surface area (Å²) in [7, 11) is 1.80. The number of hydrogen-bond donors (Lipinski definition) is 0. The second-order valence-electron chi connectivity index (χ2n) is 5.65. The molecule has 0 radical (unpaired) electrons. The van der Waals surface area contributed by atoms with Crippen molar-refractivity contribution in [3.63, 3.8) is 0 Å². The van der Waals surface area contributed by atoms with Crippen molar-refractivity contribution in [3.8, 4) is 0 Å². The van der Waals surface area contributed by atoms with Gasteiger partial charge in [-0.15, -0.1) is 0 Å². The predicted octanol–water partition coefficient (Wildman–Crippen LogP) is 4.74. The summed E-state index contributed by atoms with van der Waals surface area (Å²) in [5, 5.41) is 0. The molecule has 0 saturated carbocycles. The van der Waals surface area contributed by atoms with E-state index in [9.17, 15) is 9.18 Å². The number of hydrogen-bond acceptors (Lipinski definition) is 1. The number of amides is 1. The minimum Gasteiger partial charge on any atom is -0.335 e. The molecule has 2 aromatic carbocycles. The van der Waals surface area contributed by atoms with E-state index in [1.54, 1.807) is 18.0 Å². The number of aryl methyl sites for hydroxylation is 1. The molecule has 0 fully saturated rings. The van der Waals surface area contributed by atoms with E-state index in [2.05, 4.69) is 28.1 Å². The van der Waals surface area contributed by atoms with Gasteiger partial charge < -0.3 is 4.90 Å². The van der Waals surface area contributed by atoms with Gasteiger partial charge >= 0.3 is 0 Å². The third-order valence-corrected chi connectivity index (χ3v) is 4.98. The molecule has 0 saturated heterocycles. The van der Waals surface area contributed by atoms with Crippen LogP contribution in [0.3, 0.4) is 0 Å². The van der Waals surface area contributed by atoms with Gasteiger partial charge in [0.2, 0.25) is 0 Å². The Morgan fingerprint density at radius 2 is 2.05 bits per heavy atom. The zero-order valence-electron chi connectivity index (χ0n) is 12.4. The van der Waals surface area contributed by atoms with Crippen LogP contribution in [0, 0.1) is 5.82 Å². The second kappa shape index (κ2) is 6.21. The van der Waals surface area contributed by atoms with E-state index in [0.717, 1.165) is 19.3 Å². The van der Waals surface area contributed by atoms with Crippen LogP contribution in [0.5, 0.6) is 0 Å². The molecule has 0 heterocycles. The zero-order chi connectivity index (χ0) is 15.7. The van der Waals surface area contributed by atoms with Gasteiger partial charge in [-0.3, -0.25) is 4.79 Å². The molecule has 4 heteroatoms. The highest BCUT2D eigenvalue weighted by atomic mass is 79.9. The van der Waals surface area contributed by atoms with Gasteiger partial charge in [-0.05, 0) is 64.5 Å². The van der Waals surface area contributed by atoms with Crippen molar-refractivity contribution in [2.45, 2.75) is 25.3 Å². The Hall–Kier alpha value is -1.68. The number of carbonyl (C=O) groups is 1. The van der Waals surface area contributed by atoms with Crippen molar-refractivity contribution in [1.82, 2.24) is 4.90 Å². The van der Waals surface area contributed by atoms with E-state index in [4.69, 9.17) is 0 Å². The first-order valence-corrected chi connectivity index (χ1v) is 8.17. The summed E-state index contributed by atoms with van der Waals surface area (Å²) in [5.74, 6) is -0.558. The van der Waals surface area contributed by atoms with Crippen molar-refractivity contribution < 1.29 is 9.18 Å². The molecular weight excluding hydrogens is 345 g/mol. The number of rotatable bonds is 2. The van der Waals surface area contributed by atoms with E-state index in [1.807, 2.05) is 12.1 Å². The zero-order valence-corrected chi connectivity index (χ0v) is 13.9. The highest BCUT2D eigenvalue weighted by Crippen LogP contribution is 2.34. The fourth-order valence-corrected chi connectivity index (χ4v) is 3.54. The number of benzene rings is 2. The van der Waals surface area contributed by atoms with Crippen LogP contribution in [-0.4, -0.2) is 17.9 Å². The first kappa shape index (κ1) is 15.2. The minimum atomic E-state index is -0.399. The van der Waals surface area contributed by atoms with Crippen LogP contribution in [0.25, 0.3) is 0 Å². The van der Waals surface area contributed by atoms with Crippen molar-refractivity contribution in [1.29, 1.82) is 0 Å². The van der Waals surface area contributed by atoms with Crippen LogP contribution in [0.2, 0.25) is 0 Å². The molecule has 1 aliphatic rings. The van der Waals surface area contributed by atoms with Crippen LogP contribution < -0.4 is 0 Å². The van der Waals surface area contributed by atoms with Gasteiger partial charge in [0.1, 0.15) is 5.82 Å². The van der Waals surface area contributed by atoms with Gasteiger partial charge in [-0.25, -0.2) is 4.39 Å². The molecule has 3 rings (SSSR count). The third-order valence-electron chi connectivity index (χ3n) is 4.28. The standard InChI is InChI=1S/C18H17BrFNO/c1-21(18(22)15-11-13(20)9-10-16(15)19)17-8-4-6-12-5-2-3-7-14(12)17/h2-3,5,7,9-11,17H,4,6,8H2,1H3. The fraction of sp³-hybridized carbons (Fsp3) is 0.278. The summed E-state index contributed by atoms with van der Waals surface area (Å²) in [4.78, 5) is 14.5. The molecule has 1 unspecified atom stereocenters. The lowest BCUT2D eigenvalue weighted by Gasteiger charge is -2.33. The van der Waals surface area contributed by atoms with E-state index in [0.29, 0.717) is 10.0 Å². The Morgan fingerprint density at radius 3 is 2.86 bits per heavy atom. The number of carbonyl (C=O) groups excluding carboxylic acids is 1. The summed E-state index contributed by atoms with van der Waals surface area (Å²) in [6, 6.07) is 12.5. The van der Waals surface area contributed by atoms with E-state index < -0.39 is 5.82 Å². The number of halogens is 2. The van der Waals surface area contributed by atoms with Crippen molar-refractivity contribution in [2.75, 3.05) is 7.05 Å². The summed E-state index contributed by atoms with van der Waals surface area (Å²) >= 11 is 3.34. The molecule has 0 bridgehead atoms. The monoisotopic (exact) mass is 361 g/mol. The lowest BCUT2D eigenvalue weighted by atomic mass is 9.87. The topological polar surface area (TPSA) is 20.3 Å². The lowest BCUT2D eigenvalue weighted by molar-refractivity contribution is 0.0713. The summed E-state index contributed by atoms with van der Waals surface area (Å²) in [6.45, 7) is 0. The summed E-state index contributed by atoms with van der Waals surface area (Å²) < 4.78 is 14.1. The lowest BCUT2D eigenvalue weighted by Crippen LogP contribution is -2.33. The highest BCUT2D eigenvalue weighted by molar-refractivity contribution is 9.10. The summed E-state index contributed by atoms with van der Waals surface area (Å²) in [6.07, 6.45) is 3.05. The Morgan fingerprint density at radius 1 is 1.27 bits per heavy atom. The normalized spacial score (nSPS) is 17.0. The Kier molecular flexibility index (Phi) is 4.30. The van der Waals surface area contributed by atoms with Gasteiger partial charge in [-0.2, -0.15) is 0 Å². The molecule has 22 heavy (non-hydrogen) atoms. The minimum absolute atomic E-state index is 0.0487. The molecule has 114 valence electrons. The predicted molar refractivity (Wildman–Crippen MR) is 88.3 cm³/mol. The number of nitrogens with zero attached hydrogens (tertiary/aromatic N) is 1. The fourth-order valence-electron chi connectivity index (χ4n) is 3.12. The third kappa shape index (κ3) is 2.80. The van der Waals surface area contributed by atoms with Gasteiger partial charge in [0.15, 0.2) is 0 Å². The van der Waals surface area contributed by atoms with Crippen molar-refractivity contribution in [3.05, 3.63) is 69.4 Å². The van der Waals surface area contributed by atoms with Crippen LogP contribution in [0.4, 0.5) is 4.39 Å². The van der Waals surface area contributed by atoms with E-state index >= 15 is 0 Å². The quantitative estimate of drug-likeness (QED) is 0.756. The van der Waals surface area contributed by atoms with Gasteiger partial charge in [0, 0.05) is 11.5 Å². The van der Waals surface area contributed by atoms with Gasteiger partial charge in [-0.1, -0.05) is 24.3 Å². The first-order chi connectivity index (χ1) is 10.6. The number of fused-ring (bicyclic) bond motifs is 1. The average molecular weight is 362 g/mol. The molecule has 0 aromatic heterocycles.